The molecule has 0 spiro atoms. The summed E-state index contributed by atoms with van der Waals surface area (Å²) >= 11 is 6.12. The molecule has 1 fully saturated rings. The molecule has 0 aromatic heterocycles. The molecule has 0 bridgehead atoms. The molecule has 5 nitrogen and oxygen atoms in total. The normalized spacial score (nSPS) is 17.9. The van der Waals surface area contributed by atoms with Gasteiger partial charge in [0, 0.05) is 7.05 Å². The predicted molar refractivity (Wildman–Crippen MR) is 68.6 cm³/mol. The highest BCUT2D eigenvalue weighted by atomic mass is 35.5. The van der Waals surface area contributed by atoms with Crippen LogP contribution in [0.5, 0.6) is 0 Å². The zero-order valence-electron chi connectivity index (χ0n) is 9.62. The number of benzene rings is 1. The van der Waals surface area contributed by atoms with E-state index in [1.165, 1.54) is 0 Å². The molecule has 0 radical (unpaired) electrons. The monoisotopic (exact) mass is 252 g/mol. The van der Waals surface area contributed by atoms with Crippen LogP contribution in [0.4, 0.5) is 10.5 Å². The highest BCUT2D eigenvalue weighted by Gasteiger charge is 2.25. The number of aliphatic imine (C=N–C) groups is 1. The molecule has 2 amide bonds. The molecule has 1 aromatic carbocycles. The van der Waals surface area contributed by atoms with Crippen LogP contribution < -0.4 is 15.5 Å². The number of amides is 2. The summed E-state index contributed by atoms with van der Waals surface area (Å²) in [5.74, 6) is 0.468. The minimum Gasteiger partial charge on any atom is -0.338 e. The number of carbonyl (C=O) groups is 1. The number of guanidine groups is 1. The third kappa shape index (κ3) is 2.19. The van der Waals surface area contributed by atoms with Gasteiger partial charge in [0.2, 0.25) is 5.96 Å². The predicted octanol–water partition coefficient (Wildman–Crippen LogP) is 1.71. The van der Waals surface area contributed by atoms with E-state index in [-0.39, 0.29) is 6.03 Å². The van der Waals surface area contributed by atoms with E-state index in [1.54, 1.807) is 18.0 Å². The van der Waals surface area contributed by atoms with Gasteiger partial charge in [-0.15, -0.1) is 0 Å². The van der Waals surface area contributed by atoms with Gasteiger partial charge in [0.15, 0.2) is 0 Å². The van der Waals surface area contributed by atoms with Crippen molar-refractivity contribution in [2.75, 3.05) is 18.6 Å². The van der Waals surface area contributed by atoms with Crippen molar-refractivity contribution < 1.29 is 4.79 Å². The Morgan fingerprint density at radius 2 is 2.24 bits per heavy atom. The summed E-state index contributed by atoms with van der Waals surface area (Å²) in [6.45, 7) is 2.26. The number of anilines is 1. The van der Waals surface area contributed by atoms with E-state index >= 15 is 0 Å². The Balaban J connectivity index is 2.33. The van der Waals surface area contributed by atoms with Gasteiger partial charge >= 0.3 is 6.03 Å². The summed E-state index contributed by atoms with van der Waals surface area (Å²) in [4.78, 5) is 17.3. The molecule has 90 valence electrons. The van der Waals surface area contributed by atoms with Crippen LogP contribution in [0.1, 0.15) is 5.56 Å². The molecule has 6 heteroatoms. The standard InChI is InChI=1S/C11H13ClN4O/c1-7-4-3-5-8(12)9(7)16-6-14-10(13-2)15-11(16)17/h3-5H,6H2,1-2H3,(H2,13,14,15,17). The zero-order valence-corrected chi connectivity index (χ0v) is 10.4. The van der Waals surface area contributed by atoms with Crippen LogP contribution >= 0.6 is 11.6 Å². The second-order valence-corrected chi connectivity index (χ2v) is 4.08. The summed E-state index contributed by atoms with van der Waals surface area (Å²) in [6.07, 6.45) is 0. The fourth-order valence-electron chi connectivity index (χ4n) is 1.72. The van der Waals surface area contributed by atoms with Crippen molar-refractivity contribution in [3.05, 3.63) is 28.8 Å². The Bertz CT molecular complexity index is 466. The molecule has 0 saturated carbocycles. The minimum absolute atomic E-state index is 0.236. The highest BCUT2D eigenvalue weighted by molar-refractivity contribution is 6.34. The smallest absolute Gasteiger partial charge is 0.330 e. The molecular weight excluding hydrogens is 240 g/mol. The Kier molecular flexibility index (Phi) is 3.19. The maximum Gasteiger partial charge on any atom is 0.330 e. The van der Waals surface area contributed by atoms with E-state index in [2.05, 4.69) is 15.6 Å². The largest absolute Gasteiger partial charge is 0.338 e. The Morgan fingerprint density at radius 3 is 2.82 bits per heavy atom. The summed E-state index contributed by atoms with van der Waals surface area (Å²) < 4.78 is 0. The van der Waals surface area contributed by atoms with Gasteiger partial charge in [0.05, 0.1) is 17.4 Å². The van der Waals surface area contributed by atoms with Crippen molar-refractivity contribution in [3.63, 3.8) is 0 Å². The van der Waals surface area contributed by atoms with E-state index in [4.69, 9.17) is 11.6 Å². The van der Waals surface area contributed by atoms with Crippen LogP contribution in [0.15, 0.2) is 23.2 Å². The first-order valence-corrected chi connectivity index (χ1v) is 5.55. The second kappa shape index (κ2) is 4.63. The van der Waals surface area contributed by atoms with Crippen LogP contribution in [0.25, 0.3) is 0 Å². The van der Waals surface area contributed by atoms with Crippen LogP contribution in [0, 0.1) is 6.92 Å². The van der Waals surface area contributed by atoms with Gasteiger partial charge in [-0.1, -0.05) is 23.7 Å². The van der Waals surface area contributed by atoms with Crippen molar-refractivity contribution in [2.24, 2.45) is 4.99 Å². The Hall–Kier alpha value is -1.75. The molecule has 0 atom stereocenters. The molecular formula is C11H13ClN4O. The molecule has 2 N–H and O–H groups in total. The Morgan fingerprint density at radius 1 is 1.47 bits per heavy atom. The molecule has 1 saturated heterocycles. The number of halogens is 1. The summed E-state index contributed by atoms with van der Waals surface area (Å²) in [7, 11) is 1.61. The van der Waals surface area contributed by atoms with Gasteiger partial charge in [0.1, 0.15) is 0 Å². The zero-order chi connectivity index (χ0) is 12.4. The van der Waals surface area contributed by atoms with Gasteiger partial charge in [-0.05, 0) is 18.6 Å². The van der Waals surface area contributed by atoms with Crippen molar-refractivity contribution in [1.29, 1.82) is 0 Å². The number of hydrogen-bond donors (Lipinski definition) is 2. The molecule has 1 heterocycles. The molecule has 2 rings (SSSR count). The minimum atomic E-state index is -0.236. The first-order valence-electron chi connectivity index (χ1n) is 5.17. The van der Waals surface area contributed by atoms with Crippen molar-refractivity contribution in [1.82, 2.24) is 10.6 Å². The molecule has 0 aliphatic carbocycles. The molecule has 1 aliphatic rings. The van der Waals surface area contributed by atoms with Gasteiger partial charge in [0.25, 0.3) is 0 Å². The molecule has 1 aromatic rings. The number of para-hydroxylation sites is 1. The maximum absolute atomic E-state index is 11.9. The van der Waals surface area contributed by atoms with Gasteiger partial charge in [-0.2, -0.15) is 0 Å². The number of carbonyl (C=O) groups excluding carboxylic acids is 1. The van der Waals surface area contributed by atoms with Crippen molar-refractivity contribution in [2.45, 2.75) is 6.92 Å². The fraction of sp³-hybridized carbons (Fsp3) is 0.273. The molecule has 17 heavy (non-hydrogen) atoms. The lowest BCUT2D eigenvalue weighted by Gasteiger charge is -2.30. The van der Waals surface area contributed by atoms with Gasteiger partial charge < -0.3 is 5.32 Å². The van der Waals surface area contributed by atoms with Gasteiger partial charge in [-0.25, -0.2) is 4.79 Å². The third-order valence-electron chi connectivity index (χ3n) is 2.56. The third-order valence-corrected chi connectivity index (χ3v) is 2.86. The number of aryl methyl sites for hydroxylation is 1. The van der Waals surface area contributed by atoms with Crippen LogP contribution in [-0.2, 0) is 0 Å². The number of urea groups is 1. The highest BCUT2D eigenvalue weighted by Crippen LogP contribution is 2.29. The van der Waals surface area contributed by atoms with Crippen molar-refractivity contribution in [3.8, 4) is 0 Å². The second-order valence-electron chi connectivity index (χ2n) is 3.67. The lowest BCUT2D eigenvalue weighted by molar-refractivity contribution is 0.248. The van der Waals surface area contributed by atoms with E-state index in [9.17, 15) is 4.79 Å². The maximum atomic E-state index is 11.9. The van der Waals surface area contributed by atoms with Crippen LogP contribution in [0.2, 0.25) is 5.02 Å². The summed E-state index contributed by atoms with van der Waals surface area (Å²) in [5, 5.41) is 6.18. The SMILES string of the molecule is CN=C1NCN(c2c(C)cccc2Cl)C(=O)N1. The number of nitrogens with one attached hydrogen (secondary N) is 2. The first kappa shape index (κ1) is 11.7. The van der Waals surface area contributed by atoms with E-state index < -0.39 is 0 Å². The van der Waals surface area contributed by atoms with Crippen LogP contribution in [0.3, 0.4) is 0 Å². The number of nitrogens with zero attached hydrogens (tertiary/aromatic N) is 2. The van der Waals surface area contributed by atoms with Crippen molar-refractivity contribution >= 4 is 29.3 Å². The van der Waals surface area contributed by atoms with Gasteiger partial charge in [-0.3, -0.25) is 15.2 Å². The average Bonchev–Trinajstić information content (AvgIpc) is 2.30. The lowest BCUT2D eigenvalue weighted by Crippen LogP contribution is -2.58. The first-order chi connectivity index (χ1) is 8.13. The average molecular weight is 253 g/mol. The quantitative estimate of drug-likeness (QED) is 0.800. The van der Waals surface area contributed by atoms with E-state index in [0.717, 1.165) is 5.56 Å². The Labute approximate surface area is 104 Å². The summed E-state index contributed by atoms with van der Waals surface area (Å²) in [6, 6.07) is 5.30. The summed E-state index contributed by atoms with van der Waals surface area (Å²) in [5.41, 5.74) is 1.67. The molecule has 1 aliphatic heterocycles. The number of rotatable bonds is 1. The van der Waals surface area contributed by atoms with Crippen LogP contribution in [-0.4, -0.2) is 25.7 Å². The van der Waals surface area contributed by atoms with E-state index in [1.807, 2.05) is 19.1 Å². The number of hydrogen-bond acceptors (Lipinski definition) is 2. The lowest BCUT2D eigenvalue weighted by atomic mass is 10.2. The van der Waals surface area contributed by atoms with E-state index in [0.29, 0.717) is 23.3 Å². The molecule has 0 unspecified atom stereocenters. The fourth-order valence-corrected chi connectivity index (χ4v) is 2.04. The topological polar surface area (TPSA) is 56.7 Å².